The Morgan fingerprint density at radius 2 is 1.84 bits per heavy atom. The standard InChI is InChI=1S/C31H32N2O4/c1-21-15-16-24(17-30(21)36-20-31(34)35-3)33-19-25(37-29-14-7-6-13-28(29)33)18-32-22(2)26-12-8-10-23-9-4-5-11-27(23)26/h4-17,22,25,32H,18-20H2,1-3H3. The Bertz CT molecular complexity index is 1400. The molecule has 1 aliphatic heterocycles. The Labute approximate surface area is 217 Å². The fraction of sp³-hybridized carbons (Fsp3) is 0.258. The van der Waals surface area contributed by atoms with Gasteiger partial charge in [0.25, 0.3) is 0 Å². The average molecular weight is 497 g/mol. The Kier molecular flexibility index (Phi) is 7.28. The maximum absolute atomic E-state index is 11.6. The summed E-state index contributed by atoms with van der Waals surface area (Å²) in [6, 6.07) is 29.2. The van der Waals surface area contributed by atoms with E-state index in [1.165, 1.54) is 23.4 Å². The quantitative estimate of drug-likeness (QED) is 0.304. The molecule has 0 spiro atoms. The highest BCUT2D eigenvalue weighted by Crippen LogP contribution is 2.39. The Morgan fingerprint density at radius 3 is 2.70 bits per heavy atom. The van der Waals surface area contributed by atoms with E-state index in [1.54, 1.807) is 0 Å². The van der Waals surface area contributed by atoms with Crippen LogP contribution in [0.25, 0.3) is 10.8 Å². The molecule has 6 nitrogen and oxygen atoms in total. The van der Waals surface area contributed by atoms with Crippen LogP contribution in [0, 0.1) is 6.92 Å². The fourth-order valence-corrected chi connectivity index (χ4v) is 4.80. The zero-order chi connectivity index (χ0) is 25.8. The smallest absolute Gasteiger partial charge is 0.343 e. The summed E-state index contributed by atoms with van der Waals surface area (Å²) in [4.78, 5) is 13.9. The summed E-state index contributed by atoms with van der Waals surface area (Å²) < 4.78 is 16.9. The van der Waals surface area contributed by atoms with Crippen LogP contribution in [0.5, 0.6) is 11.5 Å². The number of methoxy groups -OCH3 is 1. The zero-order valence-electron chi connectivity index (χ0n) is 21.4. The molecule has 2 atom stereocenters. The minimum Gasteiger partial charge on any atom is -0.485 e. The monoisotopic (exact) mass is 496 g/mol. The molecule has 1 heterocycles. The number of hydrogen-bond donors (Lipinski definition) is 1. The van der Waals surface area contributed by atoms with Crippen molar-refractivity contribution in [1.82, 2.24) is 5.32 Å². The largest absolute Gasteiger partial charge is 0.485 e. The van der Waals surface area contributed by atoms with E-state index in [9.17, 15) is 4.79 Å². The molecular weight excluding hydrogens is 464 g/mol. The van der Waals surface area contributed by atoms with Crippen molar-refractivity contribution in [3.63, 3.8) is 0 Å². The molecule has 0 aromatic heterocycles. The van der Waals surface area contributed by atoms with E-state index in [0.29, 0.717) is 18.8 Å². The first-order valence-corrected chi connectivity index (χ1v) is 12.6. The van der Waals surface area contributed by atoms with Crippen LogP contribution in [0.1, 0.15) is 24.1 Å². The van der Waals surface area contributed by atoms with E-state index >= 15 is 0 Å². The van der Waals surface area contributed by atoms with Crippen molar-refractivity contribution in [2.24, 2.45) is 0 Å². The highest BCUT2D eigenvalue weighted by Gasteiger charge is 2.27. The van der Waals surface area contributed by atoms with E-state index < -0.39 is 5.97 Å². The first-order chi connectivity index (χ1) is 18.0. The molecule has 190 valence electrons. The van der Waals surface area contributed by atoms with Gasteiger partial charge in [-0.3, -0.25) is 0 Å². The molecule has 4 aromatic rings. The van der Waals surface area contributed by atoms with Gasteiger partial charge in [0.05, 0.1) is 19.3 Å². The van der Waals surface area contributed by atoms with Crippen LogP contribution >= 0.6 is 0 Å². The molecule has 0 saturated carbocycles. The number of fused-ring (bicyclic) bond motifs is 2. The molecule has 0 fully saturated rings. The first-order valence-electron chi connectivity index (χ1n) is 12.6. The summed E-state index contributed by atoms with van der Waals surface area (Å²) in [6.45, 7) is 5.39. The van der Waals surface area contributed by atoms with Crippen LogP contribution in [-0.2, 0) is 9.53 Å². The molecule has 0 radical (unpaired) electrons. The van der Waals surface area contributed by atoms with Crippen LogP contribution in [0.15, 0.2) is 84.9 Å². The normalized spacial score (nSPS) is 15.5. The third kappa shape index (κ3) is 5.39. The first kappa shape index (κ1) is 24.7. The molecule has 4 aromatic carbocycles. The van der Waals surface area contributed by atoms with Gasteiger partial charge in [0.1, 0.15) is 17.6 Å². The van der Waals surface area contributed by atoms with Gasteiger partial charge >= 0.3 is 5.97 Å². The molecule has 5 rings (SSSR count). The Morgan fingerprint density at radius 1 is 1.05 bits per heavy atom. The van der Waals surface area contributed by atoms with Gasteiger partial charge in [-0.05, 0) is 53.9 Å². The molecule has 2 unspecified atom stereocenters. The number of para-hydroxylation sites is 2. The second kappa shape index (κ2) is 10.9. The van der Waals surface area contributed by atoms with E-state index in [-0.39, 0.29) is 18.8 Å². The summed E-state index contributed by atoms with van der Waals surface area (Å²) in [7, 11) is 1.36. The summed E-state index contributed by atoms with van der Waals surface area (Å²) in [6.07, 6.45) is -0.0620. The van der Waals surface area contributed by atoms with Crippen LogP contribution in [-0.4, -0.2) is 38.9 Å². The van der Waals surface area contributed by atoms with Gasteiger partial charge in [-0.2, -0.15) is 0 Å². The van der Waals surface area contributed by atoms with Gasteiger partial charge in [0, 0.05) is 24.3 Å². The number of nitrogens with zero attached hydrogens (tertiary/aromatic N) is 1. The van der Waals surface area contributed by atoms with E-state index in [2.05, 4.69) is 71.7 Å². The molecular formula is C31H32N2O4. The van der Waals surface area contributed by atoms with E-state index in [0.717, 1.165) is 22.7 Å². The second-order valence-corrected chi connectivity index (χ2v) is 9.33. The number of carbonyl (C=O) groups excluding carboxylic acids is 1. The Balaban J connectivity index is 1.35. The minimum absolute atomic E-state index is 0.0620. The summed E-state index contributed by atoms with van der Waals surface area (Å²) in [5.74, 6) is 1.09. The number of ether oxygens (including phenoxy) is 3. The van der Waals surface area contributed by atoms with Crippen molar-refractivity contribution in [2.45, 2.75) is 26.0 Å². The number of carbonyl (C=O) groups is 1. The lowest BCUT2D eigenvalue weighted by Crippen LogP contribution is -2.44. The highest BCUT2D eigenvalue weighted by atomic mass is 16.6. The molecule has 37 heavy (non-hydrogen) atoms. The lowest BCUT2D eigenvalue weighted by atomic mass is 9.99. The predicted molar refractivity (Wildman–Crippen MR) is 147 cm³/mol. The van der Waals surface area contributed by atoms with Gasteiger partial charge < -0.3 is 24.4 Å². The molecule has 1 N–H and O–H groups in total. The average Bonchev–Trinajstić information content (AvgIpc) is 2.94. The number of anilines is 2. The van der Waals surface area contributed by atoms with Crippen LogP contribution < -0.4 is 19.7 Å². The van der Waals surface area contributed by atoms with Crippen molar-refractivity contribution in [1.29, 1.82) is 0 Å². The lowest BCUT2D eigenvalue weighted by molar-refractivity contribution is -0.142. The number of rotatable bonds is 8. The molecule has 1 aliphatic rings. The molecule has 0 aliphatic carbocycles. The molecule has 0 amide bonds. The maximum Gasteiger partial charge on any atom is 0.343 e. The van der Waals surface area contributed by atoms with Crippen LogP contribution in [0.3, 0.4) is 0 Å². The SMILES string of the molecule is COC(=O)COc1cc(N2CC(CNC(C)c3cccc4ccccc34)Oc3ccccc32)ccc1C. The molecule has 0 saturated heterocycles. The maximum atomic E-state index is 11.6. The summed E-state index contributed by atoms with van der Waals surface area (Å²) in [5, 5.41) is 6.20. The van der Waals surface area contributed by atoms with Crippen molar-refractivity contribution >= 4 is 28.1 Å². The fourth-order valence-electron chi connectivity index (χ4n) is 4.80. The van der Waals surface area contributed by atoms with Crippen molar-refractivity contribution < 1.29 is 19.0 Å². The van der Waals surface area contributed by atoms with Crippen LogP contribution in [0.2, 0.25) is 0 Å². The molecule has 6 heteroatoms. The number of benzene rings is 4. The van der Waals surface area contributed by atoms with Gasteiger partial charge in [0.15, 0.2) is 6.61 Å². The third-order valence-electron chi connectivity index (χ3n) is 6.83. The van der Waals surface area contributed by atoms with E-state index in [1.807, 2.05) is 37.3 Å². The van der Waals surface area contributed by atoms with Crippen molar-refractivity contribution in [2.75, 3.05) is 31.7 Å². The number of aryl methyl sites for hydroxylation is 1. The summed E-state index contributed by atoms with van der Waals surface area (Å²) in [5.41, 5.74) is 4.21. The molecule has 0 bridgehead atoms. The van der Waals surface area contributed by atoms with Crippen molar-refractivity contribution in [3.05, 3.63) is 96.1 Å². The van der Waals surface area contributed by atoms with Gasteiger partial charge in [-0.1, -0.05) is 60.7 Å². The lowest BCUT2D eigenvalue weighted by Gasteiger charge is -2.37. The van der Waals surface area contributed by atoms with Gasteiger partial charge in [0.2, 0.25) is 0 Å². The van der Waals surface area contributed by atoms with Crippen LogP contribution in [0.4, 0.5) is 11.4 Å². The van der Waals surface area contributed by atoms with Crippen molar-refractivity contribution in [3.8, 4) is 11.5 Å². The zero-order valence-corrected chi connectivity index (χ0v) is 21.4. The summed E-state index contributed by atoms with van der Waals surface area (Å²) >= 11 is 0. The highest BCUT2D eigenvalue weighted by molar-refractivity contribution is 5.86. The number of hydrogen-bond acceptors (Lipinski definition) is 6. The second-order valence-electron chi connectivity index (χ2n) is 9.33. The number of nitrogens with one attached hydrogen (secondary N) is 1. The topological polar surface area (TPSA) is 60.0 Å². The predicted octanol–water partition coefficient (Wildman–Crippen LogP) is 5.95. The van der Waals surface area contributed by atoms with Gasteiger partial charge in [-0.25, -0.2) is 4.79 Å². The number of esters is 1. The third-order valence-corrected chi connectivity index (χ3v) is 6.83. The minimum atomic E-state index is -0.409. The Hall–Kier alpha value is -4.03. The van der Waals surface area contributed by atoms with Gasteiger partial charge in [-0.15, -0.1) is 0 Å². The van der Waals surface area contributed by atoms with E-state index in [4.69, 9.17) is 14.2 Å².